The van der Waals surface area contributed by atoms with Crippen molar-refractivity contribution in [1.29, 1.82) is 0 Å². The molecular formula is C15H18N2O2. The normalized spacial score (nSPS) is 10.8. The molecule has 2 aromatic rings. The minimum Gasteiger partial charge on any atom is -0.438 e. The number of aryl methyl sites for hydroxylation is 1. The number of rotatable bonds is 3. The Labute approximate surface area is 112 Å². The molecule has 0 fully saturated rings. The maximum atomic E-state index is 11.6. The first kappa shape index (κ1) is 13.3. The summed E-state index contributed by atoms with van der Waals surface area (Å²) in [6.07, 6.45) is 0. The molecule has 19 heavy (non-hydrogen) atoms. The summed E-state index contributed by atoms with van der Waals surface area (Å²) in [5.74, 6) is 1.84. The Bertz CT molecular complexity index is 645. The van der Waals surface area contributed by atoms with Gasteiger partial charge in [0.25, 0.3) is 5.56 Å². The highest BCUT2D eigenvalue weighted by molar-refractivity contribution is 5.40. The van der Waals surface area contributed by atoms with Crippen molar-refractivity contribution in [2.75, 3.05) is 0 Å². The predicted molar refractivity (Wildman–Crippen MR) is 74.9 cm³/mol. The predicted octanol–water partition coefficient (Wildman–Crippen LogP) is 3.30. The van der Waals surface area contributed by atoms with E-state index in [0.29, 0.717) is 11.7 Å². The van der Waals surface area contributed by atoms with E-state index in [4.69, 9.17) is 4.74 Å². The van der Waals surface area contributed by atoms with E-state index >= 15 is 0 Å². The van der Waals surface area contributed by atoms with Gasteiger partial charge in [-0.3, -0.25) is 4.79 Å². The fourth-order valence-corrected chi connectivity index (χ4v) is 1.73. The number of aromatic nitrogens is 2. The maximum absolute atomic E-state index is 11.6. The lowest BCUT2D eigenvalue weighted by Crippen LogP contribution is -2.12. The first-order chi connectivity index (χ1) is 8.97. The molecule has 0 spiro atoms. The molecule has 0 bridgehead atoms. The highest BCUT2D eigenvalue weighted by Crippen LogP contribution is 2.25. The Kier molecular flexibility index (Phi) is 3.69. The van der Waals surface area contributed by atoms with E-state index in [-0.39, 0.29) is 11.5 Å². The number of hydrogen-bond acceptors (Lipinski definition) is 3. The summed E-state index contributed by atoms with van der Waals surface area (Å²) < 4.78 is 5.73. The van der Waals surface area contributed by atoms with Crippen molar-refractivity contribution in [2.24, 2.45) is 0 Å². The van der Waals surface area contributed by atoms with Crippen molar-refractivity contribution in [3.05, 3.63) is 51.6 Å². The second-order valence-electron chi connectivity index (χ2n) is 4.92. The van der Waals surface area contributed by atoms with Crippen LogP contribution in [0.15, 0.2) is 29.1 Å². The molecule has 0 amide bonds. The molecule has 0 aliphatic carbocycles. The summed E-state index contributed by atoms with van der Waals surface area (Å²) in [7, 11) is 0. The van der Waals surface area contributed by atoms with E-state index < -0.39 is 0 Å². The zero-order chi connectivity index (χ0) is 14.0. The average molecular weight is 258 g/mol. The number of ether oxygens (including phenoxy) is 1. The Balaban J connectivity index is 2.38. The van der Waals surface area contributed by atoms with Crippen molar-refractivity contribution in [1.82, 2.24) is 9.97 Å². The number of nitrogens with one attached hydrogen (secondary N) is 1. The molecule has 0 saturated heterocycles. The van der Waals surface area contributed by atoms with Gasteiger partial charge in [0.1, 0.15) is 11.6 Å². The van der Waals surface area contributed by atoms with Gasteiger partial charge in [0.05, 0.1) is 6.07 Å². The van der Waals surface area contributed by atoms with Crippen LogP contribution in [0.3, 0.4) is 0 Å². The van der Waals surface area contributed by atoms with Crippen LogP contribution in [-0.4, -0.2) is 9.97 Å². The molecule has 0 radical (unpaired) electrons. The van der Waals surface area contributed by atoms with Crippen LogP contribution >= 0.6 is 0 Å². The molecule has 1 N–H and O–H groups in total. The summed E-state index contributed by atoms with van der Waals surface area (Å²) in [5, 5.41) is 0. The van der Waals surface area contributed by atoms with Crippen LogP contribution in [0.5, 0.6) is 11.6 Å². The molecule has 4 nitrogen and oxygen atoms in total. The van der Waals surface area contributed by atoms with Crippen molar-refractivity contribution in [3.8, 4) is 11.6 Å². The van der Waals surface area contributed by atoms with Gasteiger partial charge in [-0.05, 0) is 31.0 Å². The molecule has 0 unspecified atom stereocenters. The number of nitrogens with zero attached hydrogens (tertiary/aromatic N) is 1. The summed E-state index contributed by atoms with van der Waals surface area (Å²) >= 11 is 0. The van der Waals surface area contributed by atoms with E-state index in [1.54, 1.807) is 0 Å². The molecule has 1 heterocycles. The number of aromatic amines is 1. The molecule has 0 saturated carbocycles. The van der Waals surface area contributed by atoms with Crippen LogP contribution in [0.25, 0.3) is 0 Å². The van der Waals surface area contributed by atoms with Gasteiger partial charge in [0.15, 0.2) is 0 Å². The Morgan fingerprint density at radius 3 is 2.68 bits per heavy atom. The first-order valence-corrected chi connectivity index (χ1v) is 6.32. The van der Waals surface area contributed by atoms with Gasteiger partial charge in [-0.2, -0.15) is 4.98 Å². The van der Waals surface area contributed by atoms with Gasteiger partial charge >= 0.3 is 0 Å². The van der Waals surface area contributed by atoms with E-state index in [2.05, 4.69) is 9.97 Å². The Morgan fingerprint density at radius 2 is 2.00 bits per heavy atom. The second kappa shape index (κ2) is 5.26. The minimum atomic E-state index is -0.195. The molecule has 0 aliphatic heterocycles. The van der Waals surface area contributed by atoms with Gasteiger partial charge < -0.3 is 9.72 Å². The van der Waals surface area contributed by atoms with Crippen LogP contribution in [0.1, 0.15) is 36.7 Å². The zero-order valence-electron chi connectivity index (χ0n) is 11.7. The lowest BCUT2D eigenvalue weighted by Gasteiger charge is -2.11. The Morgan fingerprint density at radius 1 is 1.26 bits per heavy atom. The smallest absolute Gasteiger partial charge is 0.254 e. The SMILES string of the molecule is Cc1cccc(Oc2cc(=O)[nH]c(C(C)C)n2)c1C. The van der Waals surface area contributed by atoms with Gasteiger partial charge in [-0.1, -0.05) is 26.0 Å². The molecular weight excluding hydrogens is 240 g/mol. The van der Waals surface area contributed by atoms with Crippen LogP contribution in [-0.2, 0) is 0 Å². The van der Waals surface area contributed by atoms with Crippen LogP contribution in [0.4, 0.5) is 0 Å². The third-order valence-corrected chi connectivity index (χ3v) is 3.05. The van der Waals surface area contributed by atoms with Crippen molar-refractivity contribution in [3.63, 3.8) is 0 Å². The fourth-order valence-electron chi connectivity index (χ4n) is 1.73. The van der Waals surface area contributed by atoms with Gasteiger partial charge in [-0.25, -0.2) is 0 Å². The molecule has 1 aromatic carbocycles. The van der Waals surface area contributed by atoms with E-state index in [1.165, 1.54) is 6.07 Å². The third kappa shape index (κ3) is 3.02. The maximum Gasteiger partial charge on any atom is 0.254 e. The molecule has 100 valence electrons. The topological polar surface area (TPSA) is 55.0 Å². The quantitative estimate of drug-likeness (QED) is 0.919. The van der Waals surface area contributed by atoms with Gasteiger partial charge in [0.2, 0.25) is 5.88 Å². The van der Waals surface area contributed by atoms with E-state index in [9.17, 15) is 4.79 Å². The van der Waals surface area contributed by atoms with Crippen LogP contribution in [0.2, 0.25) is 0 Å². The van der Waals surface area contributed by atoms with E-state index in [1.807, 2.05) is 45.9 Å². The largest absolute Gasteiger partial charge is 0.438 e. The van der Waals surface area contributed by atoms with Gasteiger partial charge in [-0.15, -0.1) is 0 Å². The summed E-state index contributed by atoms with van der Waals surface area (Å²) in [6, 6.07) is 7.19. The lowest BCUT2D eigenvalue weighted by atomic mass is 10.1. The number of H-pyrrole nitrogens is 1. The molecule has 0 aliphatic rings. The van der Waals surface area contributed by atoms with Gasteiger partial charge in [0, 0.05) is 5.92 Å². The highest BCUT2D eigenvalue weighted by Gasteiger charge is 2.08. The summed E-state index contributed by atoms with van der Waals surface area (Å²) in [5.41, 5.74) is 2.00. The highest BCUT2D eigenvalue weighted by atomic mass is 16.5. The number of benzene rings is 1. The molecule has 2 rings (SSSR count). The molecule has 4 heteroatoms. The third-order valence-electron chi connectivity index (χ3n) is 3.05. The molecule has 1 aromatic heterocycles. The van der Waals surface area contributed by atoms with Crippen molar-refractivity contribution in [2.45, 2.75) is 33.6 Å². The fraction of sp³-hybridized carbons (Fsp3) is 0.333. The second-order valence-corrected chi connectivity index (χ2v) is 4.92. The Hall–Kier alpha value is -2.10. The summed E-state index contributed by atoms with van der Waals surface area (Å²) in [6.45, 7) is 7.95. The molecule has 0 atom stereocenters. The average Bonchev–Trinajstić information content (AvgIpc) is 2.34. The van der Waals surface area contributed by atoms with Crippen LogP contribution < -0.4 is 10.3 Å². The lowest BCUT2D eigenvalue weighted by molar-refractivity contribution is 0.452. The standard InChI is InChI=1S/C15H18N2O2/c1-9(2)15-16-13(18)8-14(17-15)19-12-7-5-6-10(3)11(12)4/h5-9H,1-4H3,(H,16,17,18). The monoisotopic (exact) mass is 258 g/mol. The van der Waals surface area contributed by atoms with Crippen molar-refractivity contribution < 1.29 is 4.74 Å². The first-order valence-electron chi connectivity index (χ1n) is 6.32. The van der Waals surface area contributed by atoms with Crippen LogP contribution in [0, 0.1) is 13.8 Å². The van der Waals surface area contributed by atoms with E-state index in [0.717, 1.165) is 16.9 Å². The summed E-state index contributed by atoms with van der Waals surface area (Å²) in [4.78, 5) is 18.6. The van der Waals surface area contributed by atoms with Crippen molar-refractivity contribution >= 4 is 0 Å². The number of hydrogen-bond donors (Lipinski definition) is 1. The minimum absolute atomic E-state index is 0.148. The zero-order valence-corrected chi connectivity index (χ0v) is 11.7.